The van der Waals surface area contributed by atoms with Crippen LogP contribution in [-0.2, 0) is 11.3 Å². The molecule has 3 rings (SSSR count). The van der Waals surface area contributed by atoms with Gasteiger partial charge in [-0.2, -0.15) is 18.3 Å². The van der Waals surface area contributed by atoms with Crippen molar-refractivity contribution in [1.29, 1.82) is 0 Å². The molecule has 2 fully saturated rings. The van der Waals surface area contributed by atoms with E-state index in [0.29, 0.717) is 44.2 Å². The number of nitro groups is 1. The molecule has 0 radical (unpaired) electrons. The van der Waals surface area contributed by atoms with Gasteiger partial charge in [-0.15, -0.1) is 0 Å². The zero-order valence-electron chi connectivity index (χ0n) is 14.0. The van der Waals surface area contributed by atoms with E-state index in [9.17, 15) is 28.1 Å². The van der Waals surface area contributed by atoms with Crippen LogP contribution in [0.1, 0.15) is 32.1 Å². The fourth-order valence-electron chi connectivity index (χ4n) is 3.22. The first-order valence-corrected chi connectivity index (χ1v) is 8.58. The molecule has 26 heavy (non-hydrogen) atoms. The third-order valence-electron chi connectivity index (χ3n) is 4.74. The smallest absolute Gasteiger partial charge is 0.351 e. The summed E-state index contributed by atoms with van der Waals surface area (Å²) < 4.78 is 38.9. The largest absolute Gasteiger partial charge is 0.471 e. The third-order valence-corrected chi connectivity index (χ3v) is 4.74. The first-order valence-electron chi connectivity index (χ1n) is 8.58. The molecule has 2 heterocycles. The van der Waals surface area contributed by atoms with E-state index in [1.54, 1.807) is 9.58 Å². The van der Waals surface area contributed by atoms with Crippen LogP contribution in [0.2, 0.25) is 0 Å². The molecule has 0 aromatic carbocycles. The van der Waals surface area contributed by atoms with Crippen molar-refractivity contribution in [3.8, 4) is 0 Å². The molecule has 11 heteroatoms. The molecular weight excluding hydrogens is 355 g/mol. The monoisotopic (exact) mass is 375 g/mol. The van der Waals surface area contributed by atoms with Crippen LogP contribution >= 0.6 is 0 Å². The molecule has 0 bridgehead atoms. The van der Waals surface area contributed by atoms with Crippen molar-refractivity contribution in [2.75, 3.05) is 18.0 Å². The Morgan fingerprint density at radius 1 is 1.31 bits per heavy atom. The van der Waals surface area contributed by atoms with Gasteiger partial charge in [-0.05, 0) is 38.0 Å². The predicted molar refractivity (Wildman–Crippen MR) is 85.7 cm³/mol. The number of alkyl halides is 3. The summed E-state index contributed by atoms with van der Waals surface area (Å²) in [5, 5.41) is 17.5. The van der Waals surface area contributed by atoms with Gasteiger partial charge in [-0.1, -0.05) is 0 Å². The average Bonchev–Trinajstić information content (AvgIpc) is 3.30. The molecule has 1 aromatic rings. The molecule has 1 aliphatic heterocycles. The minimum absolute atomic E-state index is 0.0940. The van der Waals surface area contributed by atoms with Gasteiger partial charge in [0.25, 0.3) is 0 Å². The number of hydrogen-bond acceptors (Lipinski definition) is 5. The van der Waals surface area contributed by atoms with Gasteiger partial charge < -0.3 is 10.2 Å². The van der Waals surface area contributed by atoms with Crippen molar-refractivity contribution in [3.05, 3.63) is 16.3 Å². The Labute approximate surface area is 147 Å². The number of anilines is 1. The highest BCUT2D eigenvalue weighted by molar-refractivity contribution is 5.81. The maximum atomic E-state index is 12.4. The number of nitrogens with zero attached hydrogens (tertiary/aromatic N) is 4. The van der Waals surface area contributed by atoms with Gasteiger partial charge in [0, 0.05) is 25.7 Å². The third kappa shape index (κ3) is 4.25. The van der Waals surface area contributed by atoms with Gasteiger partial charge in [-0.25, -0.2) is 4.68 Å². The number of halogens is 3. The second-order valence-corrected chi connectivity index (χ2v) is 6.82. The number of carbonyl (C=O) groups excluding carboxylic acids is 1. The summed E-state index contributed by atoms with van der Waals surface area (Å²) in [6.07, 6.45) is -0.346. The maximum absolute atomic E-state index is 12.4. The molecule has 144 valence electrons. The molecule has 1 amide bonds. The van der Waals surface area contributed by atoms with Crippen LogP contribution in [0.5, 0.6) is 0 Å². The predicted octanol–water partition coefficient (Wildman–Crippen LogP) is 2.24. The number of nitrogens with one attached hydrogen (secondary N) is 1. The lowest BCUT2D eigenvalue weighted by molar-refractivity contribution is -0.384. The minimum atomic E-state index is -4.91. The van der Waals surface area contributed by atoms with Crippen LogP contribution in [0.25, 0.3) is 0 Å². The van der Waals surface area contributed by atoms with Crippen LogP contribution < -0.4 is 10.2 Å². The number of rotatable bonds is 5. The Bertz CT molecular complexity index is 687. The van der Waals surface area contributed by atoms with Gasteiger partial charge in [0.05, 0.1) is 4.92 Å². The van der Waals surface area contributed by atoms with Gasteiger partial charge in [0.15, 0.2) is 0 Å². The summed E-state index contributed by atoms with van der Waals surface area (Å²) in [4.78, 5) is 23.8. The molecule has 1 saturated carbocycles. The van der Waals surface area contributed by atoms with Crippen molar-refractivity contribution < 1.29 is 22.9 Å². The summed E-state index contributed by atoms with van der Waals surface area (Å²) in [7, 11) is 0. The average molecular weight is 375 g/mol. The molecule has 2 aliphatic rings. The first-order chi connectivity index (χ1) is 12.3. The fraction of sp³-hybridized carbons (Fsp3) is 0.733. The van der Waals surface area contributed by atoms with E-state index in [1.165, 1.54) is 6.20 Å². The van der Waals surface area contributed by atoms with Crippen molar-refractivity contribution in [1.82, 2.24) is 15.1 Å². The minimum Gasteiger partial charge on any atom is -0.351 e. The Morgan fingerprint density at radius 2 is 2.04 bits per heavy atom. The van der Waals surface area contributed by atoms with Crippen LogP contribution in [0.3, 0.4) is 0 Å². The molecule has 0 spiro atoms. The van der Waals surface area contributed by atoms with E-state index in [-0.39, 0.29) is 12.1 Å². The standard InChI is InChI=1S/C15H20F3N5O3/c16-15(17,18)14(24)20-11-2-1-6-21(7-5-11)13-12(23(25)26)8-19-22(13)9-10-3-4-10/h8,10-11H,1-7,9H2,(H,20,24)/t11-/m1/s1. The fourth-order valence-corrected chi connectivity index (χ4v) is 3.22. The molecule has 1 saturated heterocycles. The van der Waals surface area contributed by atoms with E-state index in [1.807, 2.05) is 5.32 Å². The molecule has 0 unspecified atom stereocenters. The van der Waals surface area contributed by atoms with E-state index >= 15 is 0 Å². The van der Waals surface area contributed by atoms with Crippen LogP contribution in [0.15, 0.2) is 6.20 Å². The Kier molecular flexibility index (Phi) is 5.05. The topological polar surface area (TPSA) is 93.3 Å². The highest BCUT2D eigenvalue weighted by Crippen LogP contribution is 2.35. The Balaban J connectivity index is 1.71. The summed E-state index contributed by atoms with van der Waals surface area (Å²) in [5.41, 5.74) is -0.0940. The zero-order valence-corrected chi connectivity index (χ0v) is 14.0. The second-order valence-electron chi connectivity index (χ2n) is 6.82. The normalized spacial score (nSPS) is 21.3. The number of hydrogen-bond donors (Lipinski definition) is 1. The molecule has 1 aromatic heterocycles. The van der Waals surface area contributed by atoms with Gasteiger partial charge in [0.2, 0.25) is 5.82 Å². The zero-order chi connectivity index (χ0) is 18.9. The highest BCUT2D eigenvalue weighted by Gasteiger charge is 2.40. The van der Waals surface area contributed by atoms with Crippen LogP contribution in [-0.4, -0.2) is 45.9 Å². The van der Waals surface area contributed by atoms with E-state index < -0.39 is 23.0 Å². The summed E-state index contributed by atoms with van der Waals surface area (Å²) in [6.45, 7) is 1.39. The lowest BCUT2D eigenvalue weighted by atomic mass is 10.1. The molecule has 1 N–H and O–H groups in total. The molecule has 1 aliphatic carbocycles. The lowest BCUT2D eigenvalue weighted by Gasteiger charge is -2.23. The van der Waals surface area contributed by atoms with Gasteiger partial charge in [0.1, 0.15) is 6.20 Å². The lowest BCUT2D eigenvalue weighted by Crippen LogP contribution is -2.43. The first kappa shape index (κ1) is 18.5. The summed E-state index contributed by atoms with van der Waals surface area (Å²) in [5.74, 6) is -1.07. The number of amides is 1. The highest BCUT2D eigenvalue weighted by atomic mass is 19.4. The van der Waals surface area contributed by atoms with Crippen molar-refractivity contribution in [2.24, 2.45) is 5.92 Å². The quantitative estimate of drug-likeness (QED) is 0.629. The summed E-state index contributed by atoms with van der Waals surface area (Å²) in [6, 6.07) is -0.604. The van der Waals surface area contributed by atoms with Crippen molar-refractivity contribution in [2.45, 2.75) is 50.9 Å². The van der Waals surface area contributed by atoms with Gasteiger partial charge >= 0.3 is 17.8 Å². The van der Waals surface area contributed by atoms with Crippen LogP contribution in [0.4, 0.5) is 24.7 Å². The van der Waals surface area contributed by atoms with E-state index in [0.717, 1.165) is 12.8 Å². The van der Waals surface area contributed by atoms with E-state index in [4.69, 9.17) is 0 Å². The molecular formula is C15H20F3N5O3. The van der Waals surface area contributed by atoms with Gasteiger partial charge in [-0.3, -0.25) is 14.9 Å². The number of aromatic nitrogens is 2. The molecule has 8 nitrogen and oxygen atoms in total. The van der Waals surface area contributed by atoms with Crippen molar-refractivity contribution in [3.63, 3.8) is 0 Å². The number of carbonyl (C=O) groups is 1. The maximum Gasteiger partial charge on any atom is 0.471 e. The van der Waals surface area contributed by atoms with E-state index in [2.05, 4.69) is 5.10 Å². The van der Waals surface area contributed by atoms with Crippen LogP contribution in [0, 0.1) is 16.0 Å². The Morgan fingerprint density at radius 3 is 2.65 bits per heavy atom. The molecule has 1 atom stereocenters. The Hall–Kier alpha value is -2.33. The summed E-state index contributed by atoms with van der Waals surface area (Å²) >= 11 is 0. The van der Waals surface area contributed by atoms with Crippen molar-refractivity contribution >= 4 is 17.4 Å². The second kappa shape index (κ2) is 7.12. The SMILES string of the molecule is O=C(N[C@@H]1CCCN(c2c([N+](=O)[O-])cnn2CC2CC2)CC1)C(F)(F)F.